The molecule has 0 saturated heterocycles. The first-order valence-electron chi connectivity index (χ1n) is 6.02. The van der Waals surface area contributed by atoms with Crippen molar-refractivity contribution >= 4 is 17.5 Å². The van der Waals surface area contributed by atoms with Gasteiger partial charge < -0.3 is 10.0 Å². The SMILES string of the molecule is CCN(CC(=O)O)C(=O)c1cnc2ccccn2c1=O. The van der Waals surface area contributed by atoms with Gasteiger partial charge in [0.25, 0.3) is 11.5 Å². The minimum atomic E-state index is -1.13. The first kappa shape index (κ1) is 13.7. The number of pyridine rings is 1. The van der Waals surface area contributed by atoms with E-state index in [9.17, 15) is 14.4 Å². The second kappa shape index (κ2) is 5.52. The van der Waals surface area contributed by atoms with Gasteiger partial charge in [0, 0.05) is 18.9 Å². The van der Waals surface area contributed by atoms with E-state index in [1.54, 1.807) is 25.1 Å². The Morgan fingerprint density at radius 2 is 2.15 bits per heavy atom. The molecule has 20 heavy (non-hydrogen) atoms. The van der Waals surface area contributed by atoms with Gasteiger partial charge in [-0.3, -0.25) is 18.8 Å². The number of hydrogen-bond donors (Lipinski definition) is 1. The summed E-state index contributed by atoms with van der Waals surface area (Å²) in [6.07, 6.45) is 2.69. The molecule has 1 amide bonds. The number of aromatic nitrogens is 2. The number of carbonyl (C=O) groups is 2. The molecule has 0 unspecified atom stereocenters. The van der Waals surface area contributed by atoms with Crippen molar-refractivity contribution in [3.63, 3.8) is 0 Å². The van der Waals surface area contributed by atoms with Crippen molar-refractivity contribution in [2.45, 2.75) is 6.92 Å². The minimum Gasteiger partial charge on any atom is -0.480 e. The fraction of sp³-hybridized carbons (Fsp3) is 0.231. The predicted octanol–water partition coefficient (Wildman–Crippen LogP) is 0.241. The zero-order chi connectivity index (χ0) is 14.7. The highest BCUT2D eigenvalue weighted by atomic mass is 16.4. The summed E-state index contributed by atoms with van der Waals surface area (Å²) in [5, 5.41) is 8.76. The van der Waals surface area contributed by atoms with E-state index in [1.807, 2.05) is 0 Å². The molecular weight excluding hydrogens is 262 g/mol. The minimum absolute atomic E-state index is 0.142. The number of hydrogen-bond acceptors (Lipinski definition) is 4. The van der Waals surface area contributed by atoms with Gasteiger partial charge in [-0.15, -0.1) is 0 Å². The predicted molar refractivity (Wildman–Crippen MR) is 70.7 cm³/mol. The molecule has 0 spiro atoms. The van der Waals surface area contributed by atoms with Crippen LogP contribution in [0.15, 0.2) is 35.4 Å². The van der Waals surface area contributed by atoms with Crippen molar-refractivity contribution in [1.29, 1.82) is 0 Å². The molecule has 2 aromatic rings. The van der Waals surface area contributed by atoms with E-state index in [4.69, 9.17) is 5.11 Å². The Morgan fingerprint density at radius 1 is 1.40 bits per heavy atom. The van der Waals surface area contributed by atoms with E-state index in [-0.39, 0.29) is 12.1 Å². The van der Waals surface area contributed by atoms with E-state index < -0.39 is 24.0 Å². The number of likely N-dealkylation sites (N-methyl/N-ethyl adjacent to an activating group) is 1. The Labute approximate surface area is 114 Å². The summed E-state index contributed by atoms with van der Waals surface area (Å²) >= 11 is 0. The molecule has 0 aliphatic carbocycles. The third-order valence-electron chi connectivity index (χ3n) is 2.84. The van der Waals surface area contributed by atoms with Gasteiger partial charge in [-0.2, -0.15) is 0 Å². The molecule has 2 rings (SSSR count). The zero-order valence-corrected chi connectivity index (χ0v) is 10.8. The number of rotatable bonds is 4. The maximum absolute atomic E-state index is 12.2. The van der Waals surface area contributed by atoms with Gasteiger partial charge >= 0.3 is 5.97 Å². The standard InChI is InChI=1S/C13H13N3O4/c1-2-15(8-11(17)18)12(19)9-7-14-10-5-3-4-6-16(10)13(9)20/h3-7H,2,8H2,1H3,(H,17,18). The molecule has 0 aliphatic heterocycles. The number of carboxylic acids is 1. The highest BCUT2D eigenvalue weighted by Gasteiger charge is 2.20. The Balaban J connectivity index is 2.47. The zero-order valence-electron chi connectivity index (χ0n) is 10.8. The summed E-state index contributed by atoms with van der Waals surface area (Å²) in [6.45, 7) is 1.39. The van der Waals surface area contributed by atoms with Gasteiger partial charge in [-0.25, -0.2) is 4.98 Å². The fourth-order valence-corrected chi connectivity index (χ4v) is 1.83. The lowest BCUT2D eigenvalue weighted by atomic mass is 10.2. The van der Waals surface area contributed by atoms with Crippen LogP contribution in [-0.4, -0.2) is 44.4 Å². The van der Waals surface area contributed by atoms with Crippen LogP contribution in [-0.2, 0) is 4.79 Å². The van der Waals surface area contributed by atoms with Crippen LogP contribution in [0.4, 0.5) is 0 Å². The summed E-state index contributed by atoms with van der Waals surface area (Å²) in [7, 11) is 0. The first-order valence-corrected chi connectivity index (χ1v) is 6.02. The Hall–Kier alpha value is -2.70. The molecule has 1 N–H and O–H groups in total. The number of fused-ring (bicyclic) bond motifs is 1. The molecule has 7 heteroatoms. The van der Waals surface area contributed by atoms with E-state index >= 15 is 0 Å². The first-order chi connectivity index (χ1) is 9.54. The average molecular weight is 275 g/mol. The lowest BCUT2D eigenvalue weighted by Gasteiger charge is -2.18. The van der Waals surface area contributed by atoms with Gasteiger partial charge in [-0.1, -0.05) is 6.07 Å². The van der Waals surface area contributed by atoms with Gasteiger partial charge in [0.1, 0.15) is 17.8 Å². The molecule has 104 valence electrons. The highest BCUT2D eigenvalue weighted by molar-refractivity contribution is 5.95. The summed E-state index contributed by atoms with van der Waals surface area (Å²) in [4.78, 5) is 40.2. The number of amides is 1. The molecule has 0 saturated carbocycles. The number of aliphatic carboxylic acids is 1. The van der Waals surface area contributed by atoms with E-state index in [2.05, 4.69) is 4.98 Å². The van der Waals surface area contributed by atoms with Gasteiger partial charge in [0.2, 0.25) is 0 Å². The maximum atomic E-state index is 12.2. The molecule has 0 aliphatic rings. The lowest BCUT2D eigenvalue weighted by Crippen LogP contribution is -2.39. The topological polar surface area (TPSA) is 92.0 Å². The van der Waals surface area contributed by atoms with Crippen molar-refractivity contribution in [3.05, 3.63) is 46.5 Å². The van der Waals surface area contributed by atoms with Crippen molar-refractivity contribution in [1.82, 2.24) is 14.3 Å². The van der Waals surface area contributed by atoms with Crippen LogP contribution in [0, 0.1) is 0 Å². The van der Waals surface area contributed by atoms with Crippen LogP contribution < -0.4 is 5.56 Å². The molecule has 2 heterocycles. The monoisotopic (exact) mass is 275 g/mol. The Bertz CT molecular complexity index is 723. The third kappa shape index (κ3) is 2.51. The molecule has 0 radical (unpaired) electrons. The summed E-state index contributed by atoms with van der Waals surface area (Å²) in [5.41, 5.74) is -0.225. The normalized spacial score (nSPS) is 10.4. The maximum Gasteiger partial charge on any atom is 0.323 e. The van der Waals surface area contributed by atoms with Crippen LogP contribution >= 0.6 is 0 Å². The van der Waals surface area contributed by atoms with Crippen LogP contribution in [0.3, 0.4) is 0 Å². The van der Waals surface area contributed by atoms with Crippen molar-refractivity contribution in [3.8, 4) is 0 Å². The van der Waals surface area contributed by atoms with Crippen molar-refractivity contribution < 1.29 is 14.7 Å². The number of nitrogens with zero attached hydrogens (tertiary/aromatic N) is 3. The number of carboxylic acid groups (broad SMARTS) is 1. The molecular formula is C13H13N3O4. The molecule has 2 aromatic heterocycles. The second-order valence-corrected chi connectivity index (χ2v) is 4.12. The van der Waals surface area contributed by atoms with Crippen LogP contribution in [0.25, 0.3) is 5.65 Å². The van der Waals surface area contributed by atoms with Gasteiger partial charge in [0.15, 0.2) is 0 Å². The van der Waals surface area contributed by atoms with Crippen molar-refractivity contribution in [2.24, 2.45) is 0 Å². The van der Waals surface area contributed by atoms with Crippen LogP contribution in [0.1, 0.15) is 17.3 Å². The second-order valence-electron chi connectivity index (χ2n) is 4.12. The highest BCUT2D eigenvalue weighted by Crippen LogP contribution is 2.02. The summed E-state index contributed by atoms with van der Waals surface area (Å²) in [5.74, 6) is -1.76. The van der Waals surface area contributed by atoms with Gasteiger partial charge in [0.05, 0.1) is 0 Å². The molecule has 0 fully saturated rings. The fourth-order valence-electron chi connectivity index (χ4n) is 1.83. The van der Waals surface area contributed by atoms with Gasteiger partial charge in [-0.05, 0) is 19.1 Å². The quantitative estimate of drug-likeness (QED) is 0.863. The summed E-state index contributed by atoms with van der Waals surface area (Å²) in [6, 6.07) is 5.02. The van der Waals surface area contributed by atoms with E-state index in [1.165, 1.54) is 16.8 Å². The third-order valence-corrected chi connectivity index (χ3v) is 2.84. The van der Waals surface area contributed by atoms with E-state index in [0.717, 1.165) is 4.90 Å². The smallest absolute Gasteiger partial charge is 0.323 e. The Morgan fingerprint density at radius 3 is 2.80 bits per heavy atom. The largest absolute Gasteiger partial charge is 0.480 e. The van der Waals surface area contributed by atoms with Crippen molar-refractivity contribution in [2.75, 3.05) is 13.1 Å². The molecule has 0 aromatic carbocycles. The molecule has 0 atom stereocenters. The van der Waals surface area contributed by atoms with E-state index in [0.29, 0.717) is 5.65 Å². The lowest BCUT2D eigenvalue weighted by molar-refractivity contribution is -0.137. The Kier molecular flexibility index (Phi) is 3.79. The average Bonchev–Trinajstić information content (AvgIpc) is 2.44. The molecule has 7 nitrogen and oxygen atoms in total. The van der Waals surface area contributed by atoms with Crippen LogP contribution in [0.5, 0.6) is 0 Å². The summed E-state index contributed by atoms with van der Waals surface area (Å²) < 4.78 is 1.25. The molecule has 0 bridgehead atoms. The number of carbonyl (C=O) groups excluding carboxylic acids is 1. The van der Waals surface area contributed by atoms with Crippen LogP contribution in [0.2, 0.25) is 0 Å².